The van der Waals surface area contributed by atoms with Crippen LogP contribution in [0.2, 0.25) is 0 Å². The van der Waals surface area contributed by atoms with Crippen LogP contribution in [-0.4, -0.2) is 29.1 Å². The third-order valence-electron chi connectivity index (χ3n) is 3.74. The first-order chi connectivity index (χ1) is 11.7. The second kappa shape index (κ2) is 7.06. The number of hydrogen-bond donors (Lipinski definition) is 2. The maximum absolute atomic E-state index is 11.4. The van der Waals surface area contributed by atoms with Gasteiger partial charge in [0.25, 0.3) is 0 Å². The summed E-state index contributed by atoms with van der Waals surface area (Å²) in [4.78, 5) is 19.9. The molecule has 0 fully saturated rings. The van der Waals surface area contributed by atoms with E-state index in [9.17, 15) is 4.79 Å². The molecule has 0 aliphatic rings. The molecule has 3 rings (SSSR count). The summed E-state index contributed by atoms with van der Waals surface area (Å²) in [5, 5.41) is 5.32. The zero-order valence-corrected chi connectivity index (χ0v) is 13.3. The lowest BCUT2D eigenvalue weighted by molar-refractivity contribution is -0.142. The van der Waals surface area contributed by atoms with E-state index in [1.807, 2.05) is 36.4 Å². The average molecular weight is 322 g/mol. The van der Waals surface area contributed by atoms with Crippen molar-refractivity contribution in [2.45, 2.75) is 12.5 Å². The Morgan fingerprint density at radius 1 is 1.21 bits per heavy atom. The van der Waals surface area contributed by atoms with Gasteiger partial charge in [-0.15, -0.1) is 0 Å². The van der Waals surface area contributed by atoms with E-state index in [-0.39, 0.29) is 0 Å². The molecule has 3 N–H and O–H groups in total. The van der Waals surface area contributed by atoms with Crippen LogP contribution in [-0.2, 0) is 16.0 Å². The van der Waals surface area contributed by atoms with Gasteiger partial charge in [-0.2, -0.15) is 0 Å². The molecule has 0 radical (unpaired) electrons. The molecule has 6 heteroatoms. The van der Waals surface area contributed by atoms with Gasteiger partial charge in [-0.3, -0.25) is 9.78 Å². The number of methoxy groups -OCH3 is 1. The zero-order valence-electron chi connectivity index (χ0n) is 13.3. The monoisotopic (exact) mass is 322 g/mol. The molecule has 24 heavy (non-hydrogen) atoms. The smallest absolute Gasteiger partial charge is 0.322 e. The molecule has 2 heterocycles. The second-order valence-corrected chi connectivity index (χ2v) is 5.41. The quantitative estimate of drug-likeness (QED) is 0.701. The highest BCUT2D eigenvalue weighted by molar-refractivity contribution is 5.92. The van der Waals surface area contributed by atoms with Crippen LogP contribution in [0.1, 0.15) is 5.56 Å². The predicted molar refractivity (Wildman–Crippen MR) is 93.0 cm³/mol. The highest BCUT2D eigenvalue weighted by atomic mass is 16.5. The van der Waals surface area contributed by atoms with Gasteiger partial charge in [0.05, 0.1) is 7.11 Å². The Labute approximate surface area is 139 Å². The van der Waals surface area contributed by atoms with Crippen LogP contribution < -0.4 is 11.1 Å². The zero-order chi connectivity index (χ0) is 16.9. The molecule has 1 atom stereocenters. The molecule has 6 nitrogen and oxygen atoms in total. The number of esters is 1. The van der Waals surface area contributed by atoms with Gasteiger partial charge in [-0.05, 0) is 41.6 Å². The average Bonchev–Trinajstić information content (AvgIpc) is 2.63. The van der Waals surface area contributed by atoms with E-state index in [1.54, 1.807) is 18.6 Å². The van der Waals surface area contributed by atoms with Gasteiger partial charge in [0.2, 0.25) is 0 Å². The standard InChI is InChI=1S/C18H18N4O2/c1-24-18(23)16(19)10-12-2-4-14(5-3-12)22-17-15-11-20-8-6-13(15)7-9-21-17/h2-9,11,16H,10,19H2,1H3,(H,21,22). The molecule has 0 saturated heterocycles. The summed E-state index contributed by atoms with van der Waals surface area (Å²) < 4.78 is 4.64. The minimum atomic E-state index is -0.653. The van der Waals surface area contributed by atoms with Crippen molar-refractivity contribution in [3.8, 4) is 0 Å². The van der Waals surface area contributed by atoms with E-state index in [2.05, 4.69) is 20.0 Å². The van der Waals surface area contributed by atoms with Crippen LogP contribution in [0.25, 0.3) is 10.8 Å². The summed E-state index contributed by atoms with van der Waals surface area (Å²) in [5.41, 5.74) is 7.64. The van der Waals surface area contributed by atoms with E-state index < -0.39 is 12.0 Å². The Hall–Kier alpha value is -2.99. The SMILES string of the molecule is COC(=O)C(N)Cc1ccc(Nc2nccc3ccncc23)cc1. The molecule has 2 aromatic heterocycles. The topological polar surface area (TPSA) is 90.1 Å². The number of benzene rings is 1. The summed E-state index contributed by atoms with van der Waals surface area (Å²) in [6.07, 6.45) is 5.73. The summed E-state index contributed by atoms with van der Waals surface area (Å²) in [5.74, 6) is 0.337. The van der Waals surface area contributed by atoms with Crippen molar-refractivity contribution in [1.82, 2.24) is 9.97 Å². The maximum Gasteiger partial charge on any atom is 0.322 e. The molecule has 122 valence electrons. The molecule has 0 saturated carbocycles. The Balaban J connectivity index is 1.75. The van der Waals surface area contributed by atoms with E-state index in [0.29, 0.717) is 6.42 Å². The molecular weight excluding hydrogens is 304 g/mol. The molecule has 1 unspecified atom stereocenters. The first-order valence-corrected chi connectivity index (χ1v) is 7.55. The molecule has 3 aromatic rings. The fourth-order valence-corrected chi connectivity index (χ4v) is 2.46. The van der Waals surface area contributed by atoms with Crippen molar-refractivity contribution in [2.24, 2.45) is 5.73 Å². The number of pyridine rings is 2. The van der Waals surface area contributed by atoms with Gasteiger partial charge in [-0.1, -0.05) is 12.1 Å². The number of nitrogens with zero attached hydrogens (tertiary/aromatic N) is 2. The minimum Gasteiger partial charge on any atom is -0.468 e. The largest absolute Gasteiger partial charge is 0.468 e. The van der Waals surface area contributed by atoms with Crippen LogP contribution in [0.4, 0.5) is 11.5 Å². The molecule has 0 bridgehead atoms. The van der Waals surface area contributed by atoms with Crippen molar-refractivity contribution in [3.05, 3.63) is 60.6 Å². The number of carbonyl (C=O) groups excluding carboxylic acids is 1. The Kier molecular flexibility index (Phi) is 4.67. The Bertz CT molecular complexity index is 844. The summed E-state index contributed by atoms with van der Waals surface area (Å²) >= 11 is 0. The number of carbonyl (C=O) groups is 1. The molecule has 0 aliphatic heterocycles. The van der Waals surface area contributed by atoms with E-state index in [1.165, 1.54) is 7.11 Å². The number of ether oxygens (including phenoxy) is 1. The number of nitrogens with two attached hydrogens (primary N) is 1. The van der Waals surface area contributed by atoms with Gasteiger partial charge < -0.3 is 15.8 Å². The third-order valence-corrected chi connectivity index (χ3v) is 3.74. The molecule has 0 amide bonds. The van der Waals surface area contributed by atoms with E-state index in [4.69, 9.17) is 5.73 Å². The first kappa shape index (κ1) is 15.9. The van der Waals surface area contributed by atoms with Crippen molar-refractivity contribution in [3.63, 3.8) is 0 Å². The molecular formula is C18H18N4O2. The van der Waals surface area contributed by atoms with Crippen molar-refractivity contribution in [1.29, 1.82) is 0 Å². The number of nitrogens with one attached hydrogen (secondary N) is 1. The van der Waals surface area contributed by atoms with Crippen LogP contribution in [0.5, 0.6) is 0 Å². The first-order valence-electron chi connectivity index (χ1n) is 7.55. The highest BCUT2D eigenvalue weighted by Crippen LogP contribution is 2.23. The van der Waals surface area contributed by atoms with Crippen molar-refractivity contribution < 1.29 is 9.53 Å². The summed E-state index contributed by atoms with van der Waals surface area (Å²) in [6, 6.07) is 10.9. The number of fused-ring (bicyclic) bond motifs is 1. The highest BCUT2D eigenvalue weighted by Gasteiger charge is 2.14. The molecule has 0 aliphatic carbocycles. The van der Waals surface area contributed by atoms with Crippen LogP contribution in [0.3, 0.4) is 0 Å². The van der Waals surface area contributed by atoms with Crippen LogP contribution >= 0.6 is 0 Å². The fourth-order valence-electron chi connectivity index (χ4n) is 2.46. The van der Waals surface area contributed by atoms with Crippen molar-refractivity contribution >= 4 is 28.2 Å². The van der Waals surface area contributed by atoms with Crippen LogP contribution in [0.15, 0.2) is 55.0 Å². The normalized spacial score (nSPS) is 11.9. The van der Waals surface area contributed by atoms with Gasteiger partial charge in [0.15, 0.2) is 0 Å². The van der Waals surface area contributed by atoms with Crippen LogP contribution in [0, 0.1) is 0 Å². The van der Waals surface area contributed by atoms with Gasteiger partial charge in [-0.25, -0.2) is 4.98 Å². The van der Waals surface area contributed by atoms with Crippen molar-refractivity contribution in [2.75, 3.05) is 12.4 Å². The minimum absolute atomic E-state index is 0.412. The van der Waals surface area contributed by atoms with Gasteiger partial charge in [0.1, 0.15) is 11.9 Å². The number of anilines is 2. The predicted octanol–water partition coefficient (Wildman–Crippen LogP) is 2.42. The second-order valence-electron chi connectivity index (χ2n) is 5.41. The van der Waals surface area contributed by atoms with E-state index in [0.717, 1.165) is 27.8 Å². The third kappa shape index (κ3) is 3.49. The maximum atomic E-state index is 11.4. The Morgan fingerprint density at radius 2 is 1.96 bits per heavy atom. The Morgan fingerprint density at radius 3 is 2.71 bits per heavy atom. The molecule has 0 spiro atoms. The fraction of sp³-hybridized carbons (Fsp3) is 0.167. The number of hydrogen-bond acceptors (Lipinski definition) is 6. The number of aromatic nitrogens is 2. The van der Waals surface area contributed by atoms with Gasteiger partial charge >= 0.3 is 5.97 Å². The summed E-state index contributed by atoms with van der Waals surface area (Å²) in [6.45, 7) is 0. The lowest BCUT2D eigenvalue weighted by Gasteiger charge is -2.11. The number of rotatable bonds is 5. The summed E-state index contributed by atoms with van der Waals surface area (Å²) in [7, 11) is 1.33. The van der Waals surface area contributed by atoms with E-state index >= 15 is 0 Å². The lowest BCUT2D eigenvalue weighted by Crippen LogP contribution is -2.33. The lowest BCUT2D eigenvalue weighted by atomic mass is 10.1. The van der Waals surface area contributed by atoms with Gasteiger partial charge in [0, 0.05) is 29.7 Å². The molecule has 1 aromatic carbocycles.